The summed E-state index contributed by atoms with van der Waals surface area (Å²) in [5.74, 6) is 0.299. The van der Waals surface area contributed by atoms with E-state index in [1.807, 2.05) is 6.07 Å². The van der Waals surface area contributed by atoms with Crippen molar-refractivity contribution in [2.75, 3.05) is 18.7 Å². The number of benzene rings is 2. The number of hydrogen-bond acceptors (Lipinski definition) is 5. The van der Waals surface area contributed by atoms with Crippen molar-refractivity contribution in [1.82, 2.24) is 10.2 Å². The van der Waals surface area contributed by atoms with E-state index in [-0.39, 0.29) is 19.8 Å². The van der Waals surface area contributed by atoms with E-state index in [9.17, 15) is 14.4 Å². The van der Waals surface area contributed by atoms with Crippen molar-refractivity contribution in [2.24, 2.45) is 0 Å². The average Bonchev–Trinajstić information content (AvgIpc) is 3.22. The van der Waals surface area contributed by atoms with E-state index < -0.39 is 23.4 Å². The van der Waals surface area contributed by atoms with Crippen LogP contribution in [0.25, 0.3) is 0 Å². The average molecular weight is 430 g/mol. The fourth-order valence-electron chi connectivity index (χ4n) is 3.57. The Balaban J connectivity index is 1.44. The van der Waals surface area contributed by atoms with Crippen LogP contribution in [-0.2, 0) is 16.0 Å². The fourth-order valence-corrected chi connectivity index (χ4v) is 3.80. The standard InChI is InChI=1S/C21H20ClN3O5/c1-12-7-14(22)4-5-15(12)23-18(26)10-25-19(27)21(2,24-20(25)28)9-13-3-6-16-17(8-13)30-11-29-16/h3-8H,9-11H2,1-2H3,(H,23,26)(H,24,28). The summed E-state index contributed by atoms with van der Waals surface area (Å²) in [6.45, 7) is 3.21. The molecule has 1 fully saturated rings. The van der Waals surface area contributed by atoms with E-state index >= 15 is 0 Å². The van der Waals surface area contributed by atoms with Gasteiger partial charge in [-0.1, -0.05) is 17.7 Å². The SMILES string of the molecule is Cc1cc(Cl)ccc1NC(=O)CN1C(=O)NC(C)(Cc2ccc3c(c2)OCO3)C1=O. The van der Waals surface area contributed by atoms with Gasteiger partial charge in [0, 0.05) is 17.1 Å². The molecule has 0 aliphatic carbocycles. The van der Waals surface area contributed by atoms with Crippen molar-refractivity contribution < 1.29 is 23.9 Å². The molecule has 0 aromatic heterocycles. The van der Waals surface area contributed by atoms with Crippen LogP contribution in [-0.4, -0.2) is 41.6 Å². The van der Waals surface area contributed by atoms with Crippen molar-refractivity contribution in [3.05, 3.63) is 52.5 Å². The molecule has 1 unspecified atom stereocenters. The van der Waals surface area contributed by atoms with Gasteiger partial charge in [-0.15, -0.1) is 0 Å². The number of fused-ring (bicyclic) bond motifs is 1. The Labute approximate surface area is 178 Å². The van der Waals surface area contributed by atoms with Gasteiger partial charge in [0.25, 0.3) is 5.91 Å². The Morgan fingerprint density at radius 2 is 1.97 bits per heavy atom. The van der Waals surface area contributed by atoms with Gasteiger partial charge in [-0.25, -0.2) is 4.79 Å². The van der Waals surface area contributed by atoms with Crippen molar-refractivity contribution in [3.63, 3.8) is 0 Å². The monoisotopic (exact) mass is 429 g/mol. The molecule has 1 atom stereocenters. The summed E-state index contributed by atoms with van der Waals surface area (Å²) in [7, 11) is 0. The molecule has 156 valence electrons. The number of carbonyl (C=O) groups excluding carboxylic acids is 3. The summed E-state index contributed by atoms with van der Waals surface area (Å²) >= 11 is 5.92. The molecule has 0 bridgehead atoms. The van der Waals surface area contributed by atoms with Crippen molar-refractivity contribution in [1.29, 1.82) is 0 Å². The highest BCUT2D eigenvalue weighted by Crippen LogP contribution is 2.34. The number of carbonyl (C=O) groups is 3. The summed E-state index contributed by atoms with van der Waals surface area (Å²) in [6, 6.07) is 9.80. The maximum Gasteiger partial charge on any atom is 0.325 e. The Morgan fingerprint density at radius 3 is 2.73 bits per heavy atom. The normalized spacial score (nSPS) is 19.8. The van der Waals surface area contributed by atoms with Gasteiger partial charge in [0.05, 0.1) is 0 Å². The van der Waals surface area contributed by atoms with Crippen LogP contribution in [0.5, 0.6) is 11.5 Å². The number of rotatable bonds is 5. The highest BCUT2D eigenvalue weighted by Gasteiger charge is 2.48. The zero-order valence-corrected chi connectivity index (χ0v) is 17.2. The van der Waals surface area contributed by atoms with Crippen LogP contribution in [0.1, 0.15) is 18.1 Å². The van der Waals surface area contributed by atoms with Crippen LogP contribution in [0.15, 0.2) is 36.4 Å². The van der Waals surface area contributed by atoms with Gasteiger partial charge in [-0.05, 0) is 55.3 Å². The number of anilines is 1. The molecule has 1 saturated heterocycles. The third-order valence-electron chi connectivity index (χ3n) is 5.10. The molecule has 2 aromatic carbocycles. The quantitative estimate of drug-likeness (QED) is 0.712. The molecule has 9 heteroatoms. The Kier molecular flexibility index (Phi) is 5.03. The highest BCUT2D eigenvalue weighted by atomic mass is 35.5. The second-order valence-corrected chi connectivity index (χ2v) is 7.96. The van der Waals surface area contributed by atoms with Crippen molar-refractivity contribution >= 4 is 35.1 Å². The first-order valence-corrected chi connectivity index (χ1v) is 9.72. The van der Waals surface area contributed by atoms with Crippen molar-refractivity contribution in [3.8, 4) is 11.5 Å². The first kappa shape index (κ1) is 20.0. The summed E-state index contributed by atoms with van der Waals surface area (Å²) in [6.07, 6.45) is 0.253. The summed E-state index contributed by atoms with van der Waals surface area (Å²) in [5, 5.41) is 5.97. The van der Waals surface area contributed by atoms with E-state index in [1.54, 1.807) is 44.2 Å². The lowest BCUT2D eigenvalue weighted by molar-refractivity contribution is -0.133. The zero-order chi connectivity index (χ0) is 21.5. The summed E-state index contributed by atoms with van der Waals surface area (Å²) in [5.41, 5.74) is 0.986. The third-order valence-corrected chi connectivity index (χ3v) is 5.34. The minimum absolute atomic E-state index is 0.154. The van der Waals surface area contributed by atoms with Crippen LogP contribution < -0.4 is 20.1 Å². The zero-order valence-electron chi connectivity index (χ0n) is 16.5. The number of imide groups is 1. The smallest absolute Gasteiger partial charge is 0.325 e. The van der Waals surface area contributed by atoms with E-state index in [0.29, 0.717) is 22.2 Å². The molecule has 2 heterocycles. The molecule has 30 heavy (non-hydrogen) atoms. The van der Waals surface area contributed by atoms with Gasteiger partial charge in [0.1, 0.15) is 12.1 Å². The molecule has 2 aliphatic rings. The molecule has 4 rings (SSSR count). The van der Waals surface area contributed by atoms with Crippen LogP contribution in [0.4, 0.5) is 10.5 Å². The maximum absolute atomic E-state index is 13.0. The molecule has 2 aliphatic heterocycles. The number of halogens is 1. The molecule has 0 saturated carbocycles. The van der Waals surface area contributed by atoms with Gasteiger partial charge >= 0.3 is 6.03 Å². The highest BCUT2D eigenvalue weighted by molar-refractivity contribution is 6.30. The first-order chi connectivity index (χ1) is 14.2. The molecule has 4 amide bonds. The molecular weight excluding hydrogens is 410 g/mol. The van der Waals surface area contributed by atoms with Gasteiger partial charge in [-0.2, -0.15) is 0 Å². The number of urea groups is 1. The number of nitrogens with one attached hydrogen (secondary N) is 2. The fraction of sp³-hybridized carbons (Fsp3) is 0.286. The molecular formula is C21H20ClN3O5. The Morgan fingerprint density at radius 1 is 1.20 bits per heavy atom. The lowest BCUT2D eigenvalue weighted by atomic mass is 9.92. The topological polar surface area (TPSA) is 97.0 Å². The second-order valence-electron chi connectivity index (χ2n) is 7.53. The number of hydrogen-bond donors (Lipinski definition) is 2. The number of aryl methyl sites for hydroxylation is 1. The van der Waals surface area contributed by atoms with E-state index in [1.165, 1.54) is 0 Å². The molecule has 8 nitrogen and oxygen atoms in total. The van der Waals surface area contributed by atoms with Crippen LogP contribution >= 0.6 is 11.6 Å². The number of amides is 4. The van der Waals surface area contributed by atoms with E-state index in [2.05, 4.69) is 10.6 Å². The molecule has 0 spiro atoms. The van der Waals surface area contributed by atoms with Gasteiger partial charge < -0.3 is 20.1 Å². The minimum atomic E-state index is -1.17. The molecule has 0 radical (unpaired) electrons. The Hall–Kier alpha value is -3.26. The predicted octanol–water partition coefficient (Wildman–Crippen LogP) is 2.87. The van der Waals surface area contributed by atoms with Crippen LogP contribution in [0.3, 0.4) is 0 Å². The maximum atomic E-state index is 13.0. The van der Waals surface area contributed by atoms with E-state index in [0.717, 1.165) is 16.0 Å². The first-order valence-electron chi connectivity index (χ1n) is 9.34. The second kappa shape index (κ2) is 7.53. The lowest BCUT2D eigenvalue weighted by Gasteiger charge is -2.22. The van der Waals surface area contributed by atoms with Gasteiger partial charge in [0.2, 0.25) is 12.7 Å². The Bertz CT molecular complexity index is 1060. The van der Waals surface area contributed by atoms with Crippen LogP contribution in [0.2, 0.25) is 5.02 Å². The van der Waals surface area contributed by atoms with Gasteiger partial charge in [-0.3, -0.25) is 14.5 Å². The van der Waals surface area contributed by atoms with Crippen molar-refractivity contribution in [2.45, 2.75) is 25.8 Å². The van der Waals surface area contributed by atoms with Gasteiger partial charge in [0.15, 0.2) is 11.5 Å². The predicted molar refractivity (Wildman–Crippen MR) is 110 cm³/mol. The molecule has 2 N–H and O–H groups in total. The largest absolute Gasteiger partial charge is 0.454 e. The van der Waals surface area contributed by atoms with E-state index in [4.69, 9.17) is 21.1 Å². The number of nitrogens with zero attached hydrogens (tertiary/aromatic N) is 1. The summed E-state index contributed by atoms with van der Waals surface area (Å²) in [4.78, 5) is 38.8. The third kappa shape index (κ3) is 3.78. The van der Waals surface area contributed by atoms with Crippen LogP contribution in [0, 0.1) is 6.92 Å². The minimum Gasteiger partial charge on any atom is -0.454 e. The lowest BCUT2D eigenvalue weighted by Crippen LogP contribution is -2.46. The summed E-state index contributed by atoms with van der Waals surface area (Å²) < 4.78 is 10.7. The number of ether oxygens (including phenoxy) is 2. The molecule has 2 aromatic rings.